The van der Waals surface area contributed by atoms with Crippen LogP contribution in [0.15, 0.2) is 17.5 Å². The molecule has 1 aliphatic rings. The molecule has 1 aromatic rings. The van der Waals surface area contributed by atoms with Gasteiger partial charge in [0.05, 0.1) is 0 Å². The van der Waals surface area contributed by atoms with E-state index in [1.54, 1.807) is 11.3 Å². The summed E-state index contributed by atoms with van der Waals surface area (Å²) in [5.74, 6) is 0.836. The SMILES string of the molecule is O=C(CCCCl)N1CCCN(Cc2cccs2)CC1. The summed E-state index contributed by atoms with van der Waals surface area (Å²) in [5, 5.41) is 2.12. The highest BCUT2D eigenvalue weighted by molar-refractivity contribution is 7.09. The number of halogens is 1. The summed E-state index contributed by atoms with van der Waals surface area (Å²) in [6.07, 6.45) is 2.45. The van der Waals surface area contributed by atoms with Gasteiger partial charge in [-0.3, -0.25) is 9.69 Å². The summed E-state index contributed by atoms with van der Waals surface area (Å²) in [5.41, 5.74) is 0. The van der Waals surface area contributed by atoms with Gasteiger partial charge >= 0.3 is 0 Å². The molecular formula is C14H21ClN2OS. The Morgan fingerprint density at radius 3 is 2.95 bits per heavy atom. The number of carbonyl (C=O) groups excluding carboxylic acids is 1. The number of rotatable bonds is 5. The highest BCUT2D eigenvalue weighted by Crippen LogP contribution is 2.14. The van der Waals surface area contributed by atoms with Gasteiger partial charge in [0.1, 0.15) is 0 Å². The van der Waals surface area contributed by atoms with Crippen molar-refractivity contribution in [3.05, 3.63) is 22.4 Å². The molecule has 0 atom stereocenters. The fraction of sp³-hybridized carbons (Fsp3) is 0.643. The van der Waals surface area contributed by atoms with Gasteiger partial charge in [-0.15, -0.1) is 22.9 Å². The van der Waals surface area contributed by atoms with Crippen LogP contribution in [0, 0.1) is 0 Å². The third kappa shape index (κ3) is 4.79. The maximum absolute atomic E-state index is 12.0. The van der Waals surface area contributed by atoms with Crippen molar-refractivity contribution in [2.75, 3.05) is 32.1 Å². The van der Waals surface area contributed by atoms with Crippen LogP contribution in [0.1, 0.15) is 24.1 Å². The fourth-order valence-electron chi connectivity index (χ4n) is 2.38. The summed E-state index contributed by atoms with van der Waals surface area (Å²) in [4.78, 5) is 17.8. The average Bonchev–Trinajstić information content (AvgIpc) is 2.81. The van der Waals surface area contributed by atoms with E-state index in [9.17, 15) is 4.79 Å². The van der Waals surface area contributed by atoms with Crippen LogP contribution in [-0.4, -0.2) is 47.8 Å². The first-order valence-electron chi connectivity index (χ1n) is 6.88. The van der Waals surface area contributed by atoms with Crippen molar-refractivity contribution in [2.24, 2.45) is 0 Å². The standard InChI is InChI=1S/C14H21ClN2OS/c15-6-1-5-14(18)17-8-3-7-16(9-10-17)12-13-4-2-11-19-13/h2,4,11H,1,3,5-10,12H2. The van der Waals surface area contributed by atoms with Gasteiger partial charge in [0.25, 0.3) is 0 Å². The Morgan fingerprint density at radius 2 is 2.21 bits per heavy atom. The molecular weight excluding hydrogens is 280 g/mol. The lowest BCUT2D eigenvalue weighted by Crippen LogP contribution is -2.34. The first kappa shape index (κ1) is 14.8. The Kier molecular flexibility index (Phi) is 6.14. The average molecular weight is 301 g/mol. The van der Waals surface area contributed by atoms with Gasteiger partial charge in [0.15, 0.2) is 0 Å². The van der Waals surface area contributed by atoms with E-state index in [2.05, 4.69) is 22.4 Å². The van der Waals surface area contributed by atoms with Crippen LogP contribution >= 0.6 is 22.9 Å². The molecule has 0 bridgehead atoms. The summed E-state index contributed by atoms with van der Waals surface area (Å²) < 4.78 is 0. The van der Waals surface area contributed by atoms with Gasteiger partial charge < -0.3 is 4.90 Å². The minimum absolute atomic E-state index is 0.263. The quantitative estimate of drug-likeness (QED) is 0.781. The monoisotopic (exact) mass is 300 g/mol. The number of thiophene rings is 1. The van der Waals surface area contributed by atoms with E-state index in [1.165, 1.54) is 4.88 Å². The number of hydrogen-bond donors (Lipinski definition) is 0. The molecule has 1 fully saturated rings. The van der Waals surface area contributed by atoms with E-state index in [-0.39, 0.29) is 5.91 Å². The second-order valence-electron chi connectivity index (χ2n) is 4.88. The number of hydrogen-bond acceptors (Lipinski definition) is 3. The number of carbonyl (C=O) groups is 1. The van der Waals surface area contributed by atoms with Gasteiger partial charge in [-0.05, 0) is 24.3 Å². The second kappa shape index (κ2) is 7.88. The maximum atomic E-state index is 12.0. The highest BCUT2D eigenvalue weighted by atomic mass is 35.5. The van der Waals surface area contributed by atoms with Gasteiger partial charge in [-0.2, -0.15) is 0 Å². The molecule has 1 amide bonds. The number of nitrogens with zero attached hydrogens (tertiary/aromatic N) is 2. The summed E-state index contributed by atoms with van der Waals surface area (Å²) in [6.45, 7) is 4.82. The summed E-state index contributed by atoms with van der Waals surface area (Å²) >= 11 is 7.45. The van der Waals surface area contributed by atoms with Gasteiger partial charge in [-0.1, -0.05) is 6.07 Å². The van der Waals surface area contributed by atoms with Gasteiger partial charge in [0.2, 0.25) is 5.91 Å². The Balaban J connectivity index is 1.79. The first-order chi connectivity index (χ1) is 9.29. The summed E-state index contributed by atoms with van der Waals surface area (Å²) in [6, 6.07) is 4.28. The molecule has 19 heavy (non-hydrogen) atoms. The zero-order valence-electron chi connectivity index (χ0n) is 11.2. The molecule has 0 aromatic carbocycles. The van der Waals surface area contributed by atoms with Crippen LogP contribution in [0.3, 0.4) is 0 Å². The molecule has 5 heteroatoms. The molecule has 1 aliphatic heterocycles. The number of amides is 1. The van der Waals surface area contributed by atoms with Crippen molar-refractivity contribution in [3.63, 3.8) is 0 Å². The van der Waals surface area contributed by atoms with E-state index >= 15 is 0 Å². The normalized spacial score (nSPS) is 17.4. The van der Waals surface area contributed by atoms with E-state index in [0.29, 0.717) is 12.3 Å². The number of alkyl halides is 1. The van der Waals surface area contributed by atoms with Crippen LogP contribution in [0.5, 0.6) is 0 Å². The van der Waals surface area contributed by atoms with Gasteiger partial charge in [-0.25, -0.2) is 0 Å². The summed E-state index contributed by atoms with van der Waals surface area (Å²) in [7, 11) is 0. The molecule has 106 valence electrons. The predicted molar refractivity (Wildman–Crippen MR) is 80.7 cm³/mol. The lowest BCUT2D eigenvalue weighted by molar-refractivity contribution is -0.131. The molecule has 0 unspecified atom stereocenters. The first-order valence-corrected chi connectivity index (χ1v) is 8.29. The smallest absolute Gasteiger partial charge is 0.222 e. The predicted octanol–water partition coefficient (Wildman–Crippen LogP) is 2.80. The molecule has 0 spiro atoms. The molecule has 0 aliphatic carbocycles. The molecule has 2 heterocycles. The van der Waals surface area contributed by atoms with Crippen molar-refractivity contribution in [3.8, 4) is 0 Å². The topological polar surface area (TPSA) is 23.6 Å². The third-order valence-electron chi connectivity index (χ3n) is 3.43. The molecule has 1 aromatic heterocycles. The molecule has 2 rings (SSSR count). The largest absolute Gasteiger partial charge is 0.341 e. The van der Waals surface area contributed by atoms with Crippen LogP contribution in [0.2, 0.25) is 0 Å². The van der Waals surface area contributed by atoms with E-state index in [1.807, 2.05) is 4.90 Å². The highest BCUT2D eigenvalue weighted by Gasteiger charge is 2.18. The molecule has 0 radical (unpaired) electrons. The molecule has 3 nitrogen and oxygen atoms in total. The van der Waals surface area contributed by atoms with Crippen molar-refractivity contribution in [1.82, 2.24) is 9.80 Å². The van der Waals surface area contributed by atoms with Crippen molar-refractivity contribution in [1.29, 1.82) is 0 Å². The fourth-order valence-corrected chi connectivity index (χ4v) is 3.26. The second-order valence-corrected chi connectivity index (χ2v) is 6.29. The molecule has 1 saturated heterocycles. The van der Waals surface area contributed by atoms with E-state index in [0.717, 1.165) is 45.6 Å². The van der Waals surface area contributed by atoms with Crippen LogP contribution in [0.25, 0.3) is 0 Å². The maximum Gasteiger partial charge on any atom is 0.222 e. The Hall–Kier alpha value is -0.580. The lowest BCUT2D eigenvalue weighted by Gasteiger charge is -2.21. The van der Waals surface area contributed by atoms with Crippen LogP contribution in [-0.2, 0) is 11.3 Å². The Bertz CT molecular complexity index is 383. The van der Waals surface area contributed by atoms with Crippen molar-refractivity contribution >= 4 is 28.8 Å². The van der Waals surface area contributed by atoms with Crippen LogP contribution < -0.4 is 0 Å². The zero-order valence-corrected chi connectivity index (χ0v) is 12.8. The molecule has 0 N–H and O–H groups in total. The Labute approximate surface area is 124 Å². The zero-order chi connectivity index (χ0) is 13.5. The Morgan fingerprint density at radius 1 is 1.32 bits per heavy atom. The third-order valence-corrected chi connectivity index (χ3v) is 4.55. The minimum atomic E-state index is 0.263. The van der Waals surface area contributed by atoms with Gasteiger partial charge in [0, 0.05) is 49.9 Å². The lowest BCUT2D eigenvalue weighted by atomic mass is 10.3. The van der Waals surface area contributed by atoms with E-state index < -0.39 is 0 Å². The van der Waals surface area contributed by atoms with Crippen molar-refractivity contribution in [2.45, 2.75) is 25.8 Å². The van der Waals surface area contributed by atoms with Crippen LogP contribution in [0.4, 0.5) is 0 Å². The molecule has 0 saturated carbocycles. The van der Waals surface area contributed by atoms with Crippen molar-refractivity contribution < 1.29 is 4.79 Å². The van der Waals surface area contributed by atoms with E-state index in [4.69, 9.17) is 11.6 Å². The minimum Gasteiger partial charge on any atom is -0.341 e.